The molecule has 1 aliphatic heterocycles. The zero-order valence-corrected chi connectivity index (χ0v) is 11.2. The number of benzene rings is 1. The number of carbonyl (C=O) groups is 1. The summed E-state index contributed by atoms with van der Waals surface area (Å²) in [6.07, 6.45) is 5.40. The number of aromatic nitrogens is 2. The molecule has 1 N–H and O–H groups in total. The predicted octanol–water partition coefficient (Wildman–Crippen LogP) is 1.08. The van der Waals surface area contributed by atoms with Gasteiger partial charge in [0.05, 0.1) is 22.8 Å². The molecule has 6 nitrogen and oxygen atoms in total. The number of hydrogen-bond donors (Lipinski definition) is 1. The molecule has 2 heterocycles. The van der Waals surface area contributed by atoms with Crippen molar-refractivity contribution in [1.29, 1.82) is 0 Å². The highest BCUT2D eigenvalue weighted by Crippen LogP contribution is 2.21. The monoisotopic (exact) mass is 279 g/mol. The number of allylic oxidation sites excluding steroid dienone is 2. The van der Waals surface area contributed by atoms with E-state index in [-0.39, 0.29) is 17.8 Å². The van der Waals surface area contributed by atoms with E-state index in [1.165, 1.54) is 0 Å². The first-order valence-corrected chi connectivity index (χ1v) is 6.52. The van der Waals surface area contributed by atoms with E-state index in [9.17, 15) is 9.59 Å². The predicted molar refractivity (Wildman–Crippen MR) is 79.2 cm³/mol. The van der Waals surface area contributed by atoms with Crippen molar-refractivity contribution >= 4 is 28.5 Å². The third-order valence-electron chi connectivity index (χ3n) is 3.75. The molecule has 1 atom stereocenters. The van der Waals surface area contributed by atoms with E-state index < -0.39 is 0 Å². The van der Waals surface area contributed by atoms with E-state index in [4.69, 9.17) is 0 Å². The minimum Gasteiger partial charge on any atom is -0.324 e. The Kier molecular flexibility index (Phi) is 2.29. The molecule has 21 heavy (non-hydrogen) atoms. The summed E-state index contributed by atoms with van der Waals surface area (Å²) in [5, 5.41) is 2.73. The molecule has 1 radical (unpaired) electrons. The Morgan fingerprint density at radius 3 is 3.00 bits per heavy atom. The summed E-state index contributed by atoms with van der Waals surface area (Å²) in [6, 6.07) is 7.76. The summed E-state index contributed by atoms with van der Waals surface area (Å²) in [5.74, 6) is 0. The average molecular weight is 279 g/mol. The lowest BCUT2D eigenvalue weighted by Gasteiger charge is -2.14. The maximum absolute atomic E-state index is 12.5. The molecule has 0 fully saturated rings. The number of amides is 2. The van der Waals surface area contributed by atoms with E-state index >= 15 is 0 Å². The Labute approximate surface area is 119 Å². The van der Waals surface area contributed by atoms with Gasteiger partial charge in [-0.2, -0.15) is 4.99 Å². The summed E-state index contributed by atoms with van der Waals surface area (Å²) in [4.78, 5) is 27.6. The maximum atomic E-state index is 12.5. The highest BCUT2D eigenvalue weighted by molar-refractivity contribution is 6.14. The van der Waals surface area contributed by atoms with Crippen molar-refractivity contribution < 1.29 is 4.79 Å². The second-order valence-electron chi connectivity index (χ2n) is 4.98. The zero-order chi connectivity index (χ0) is 14.6. The molecule has 6 heteroatoms. The van der Waals surface area contributed by atoms with Crippen LogP contribution in [0.4, 0.5) is 4.79 Å². The molecule has 0 saturated carbocycles. The van der Waals surface area contributed by atoms with E-state index in [2.05, 4.69) is 16.4 Å². The standard InChI is InChI=1S/C15H11N4O2/c1-18-12-4-2-3-5-13(12)19(15(18)21)9-6-7-10-11(8-9)17-14(20)16-10/h3-8,11H,1H3,(H,17,20). The number of nitrogens with zero attached hydrogens (tertiary/aromatic N) is 3. The number of nitrogens with one attached hydrogen (secondary N) is 1. The third kappa shape index (κ3) is 1.62. The summed E-state index contributed by atoms with van der Waals surface area (Å²) in [7, 11) is 1.73. The number of aliphatic imine (C=N–C) groups is 1. The minimum absolute atomic E-state index is 0.134. The summed E-state index contributed by atoms with van der Waals surface area (Å²) in [5.41, 5.74) is 2.88. The highest BCUT2D eigenvalue weighted by Gasteiger charge is 2.26. The van der Waals surface area contributed by atoms with E-state index in [1.54, 1.807) is 40.5 Å². The largest absolute Gasteiger partial charge is 0.342 e. The van der Waals surface area contributed by atoms with E-state index in [0.717, 1.165) is 16.7 Å². The minimum atomic E-state index is -0.350. The molecule has 1 unspecified atom stereocenters. The lowest BCUT2D eigenvalue weighted by molar-refractivity contribution is 0.251. The van der Waals surface area contributed by atoms with Gasteiger partial charge in [-0.3, -0.25) is 9.13 Å². The fraction of sp³-hybridized carbons (Fsp3) is 0.133. The van der Waals surface area contributed by atoms with Gasteiger partial charge in [-0.25, -0.2) is 9.59 Å². The second-order valence-corrected chi connectivity index (χ2v) is 4.98. The van der Waals surface area contributed by atoms with Gasteiger partial charge in [0.1, 0.15) is 0 Å². The number of rotatable bonds is 1. The molecule has 0 bridgehead atoms. The lowest BCUT2D eigenvalue weighted by Crippen LogP contribution is -2.32. The smallest absolute Gasteiger partial charge is 0.324 e. The molecular weight excluding hydrogens is 268 g/mol. The average Bonchev–Trinajstić information content (AvgIpc) is 2.97. The van der Waals surface area contributed by atoms with Crippen LogP contribution < -0.4 is 11.0 Å². The Morgan fingerprint density at radius 1 is 1.29 bits per heavy atom. The van der Waals surface area contributed by atoms with Crippen LogP contribution in [0.2, 0.25) is 0 Å². The Bertz CT molecular complexity index is 927. The first-order valence-electron chi connectivity index (χ1n) is 6.52. The van der Waals surface area contributed by atoms with Crippen molar-refractivity contribution in [2.45, 2.75) is 6.04 Å². The van der Waals surface area contributed by atoms with Crippen LogP contribution in [0.25, 0.3) is 16.7 Å². The van der Waals surface area contributed by atoms with Crippen LogP contribution in [0.1, 0.15) is 0 Å². The van der Waals surface area contributed by atoms with Gasteiger partial charge in [-0.05, 0) is 36.4 Å². The van der Waals surface area contributed by atoms with Gasteiger partial charge < -0.3 is 5.32 Å². The number of urea groups is 1. The third-order valence-corrected chi connectivity index (χ3v) is 3.75. The van der Waals surface area contributed by atoms with E-state index in [1.807, 2.05) is 12.1 Å². The normalized spacial score (nSPS) is 20.2. The van der Waals surface area contributed by atoms with Gasteiger partial charge in [-0.1, -0.05) is 6.07 Å². The molecule has 1 aliphatic carbocycles. The lowest BCUT2D eigenvalue weighted by atomic mass is 10.1. The van der Waals surface area contributed by atoms with E-state index in [0.29, 0.717) is 5.71 Å². The molecule has 103 valence electrons. The molecule has 0 saturated heterocycles. The molecule has 2 aromatic rings. The van der Waals surface area contributed by atoms with Crippen molar-refractivity contribution in [2.24, 2.45) is 12.0 Å². The molecule has 4 rings (SSSR count). The SMILES string of the molecule is Cn1c(=O)n(C2=CC3NC(=O)N=C3C=C2)c2cc[c]cc21. The van der Waals surface area contributed by atoms with Crippen LogP contribution in [0.3, 0.4) is 0 Å². The van der Waals surface area contributed by atoms with Crippen LogP contribution in [-0.4, -0.2) is 26.9 Å². The molecule has 1 aromatic heterocycles. The number of fused-ring (bicyclic) bond motifs is 2. The first kappa shape index (κ1) is 11.9. The van der Waals surface area contributed by atoms with Crippen LogP contribution in [0.15, 0.2) is 46.2 Å². The van der Waals surface area contributed by atoms with Crippen molar-refractivity contribution in [3.8, 4) is 0 Å². The molecule has 2 amide bonds. The van der Waals surface area contributed by atoms with Gasteiger partial charge in [0.2, 0.25) is 0 Å². The summed E-state index contributed by atoms with van der Waals surface area (Å²) < 4.78 is 3.21. The fourth-order valence-corrected chi connectivity index (χ4v) is 2.72. The first-order chi connectivity index (χ1) is 10.1. The molecular formula is C15H11N4O2. The van der Waals surface area contributed by atoms with Crippen LogP contribution in [0, 0.1) is 6.07 Å². The molecule has 1 aromatic carbocycles. The zero-order valence-electron chi connectivity index (χ0n) is 11.2. The summed E-state index contributed by atoms with van der Waals surface area (Å²) >= 11 is 0. The van der Waals surface area contributed by atoms with Crippen molar-refractivity contribution in [3.63, 3.8) is 0 Å². The topological polar surface area (TPSA) is 68.4 Å². The maximum Gasteiger partial charge on any atom is 0.342 e. The van der Waals surface area contributed by atoms with Gasteiger partial charge in [0, 0.05) is 12.7 Å². The van der Waals surface area contributed by atoms with Gasteiger partial charge >= 0.3 is 11.7 Å². The van der Waals surface area contributed by atoms with Crippen LogP contribution >= 0.6 is 0 Å². The fourth-order valence-electron chi connectivity index (χ4n) is 2.72. The summed E-state index contributed by atoms with van der Waals surface area (Å²) in [6.45, 7) is 0. The number of imidazole rings is 1. The number of carbonyl (C=O) groups excluding carboxylic acids is 1. The highest BCUT2D eigenvalue weighted by atomic mass is 16.2. The molecule has 2 aliphatic rings. The van der Waals surface area contributed by atoms with Gasteiger partial charge in [0.15, 0.2) is 0 Å². The Hall–Kier alpha value is -2.89. The second kappa shape index (κ2) is 4.05. The van der Waals surface area contributed by atoms with Crippen molar-refractivity contribution in [3.05, 3.63) is 53.0 Å². The Balaban J connectivity index is 1.93. The van der Waals surface area contributed by atoms with Crippen molar-refractivity contribution in [1.82, 2.24) is 14.5 Å². The number of hydrogen-bond acceptors (Lipinski definition) is 2. The Morgan fingerprint density at radius 2 is 2.14 bits per heavy atom. The van der Waals surface area contributed by atoms with Crippen molar-refractivity contribution in [2.75, 3.05) is 0 Å². The van der Waals surface area contributed by atoms with Crippen LogP contribution in [-0.2, 0) is 7.05 Å². The van der Waals surface area contributed by atoms with Gasteiger partial charge in [-0.15, -0.1) is 0 Å². The molecule has 0 spiro atoms. The van der Waals surface area contributed by atoms with Crippen LogP contribution in [0.5, 0.6) is 0 Å². The van der Waals surface area contributed by atoms with Gasteiger partial charge in [0.25, 0.3) is 0 Å². The quantitative estimate of drug-likeness (QED) is 0.848. The number of aryl methyl sites for hydroxylation is 1.